The van der Waals surface area contributed by atoms with E-state index >= 15 is 0 Å². The molecule has 1 aromatic heterocycles. The van der Waals surface area contributed by atoms with Gasteiger partial charge in [0.2, 0.25) is 0 Å². The fourth-order valence-corrected chi connectivity index (χ4v) is 2.45. The van der Waals surface area contributed by atoms with Gasteiger partial charge in [-0.1, -0.05) is 0 Å². The molecule has 0 spiro atoms. The highest BCUT2D eigenvalue weighted by atomic mass is 79.9. The van der Waals surface area contributed by atoms with Crippen molar-refractivity contribution in [3.63, 3.8) is 0 Å². The maximum absolute atomic E-state index is 12.1. The molecule has 1 aliphatic carbocycles. The third-order valence-corrected chi connectivity index (χ3v) is 3.60. The molecule has 18 heavy (non-hydrogen) atoms. The Kier molecular flexibility index (Phi) is 4.19. The standard InChI is InChI=1S/C12H16BrN3O2/c13-7-5-10(11(14)15-6-7)12(18)16-8-1-3-9(17)4-2-8/h5-6,8-9,17H,1-4H2,(H2,14,15)(H,16,18). The van der Waals surface area contributed by atoms with Gasteiger partial charge < -0.3 is 16.2 Å². The molecule has 0 radical (unpaired) electrons. The van der Waals surface area contributed by atoms with Crippen LogP contribution in [0.5, 0.6) is 0 Å². The van der Waals surface area contributed by atoms with Crippen LogP contribution in [0.4, 0.5) is 5.82 Å². The van der Waals surface area contributed by atoms with E-state index in [1.807, 2.05) is 0 Å². The molecule has 1 fully saturated rings. The molecule has 98 valence electrons. The molecule has 1 heterocycles. The van der Waals surface area contributed by atoms with Crippen molar-refractivity contribution in [1.29, 1.82) is 0 Å². The van der Waals surface area contributed by atoms with Gasteiger partial charge in [0.15, 0.2) is 0 Å². The molecule has 6 heteroatoms. The summed E-state index contributed by atoms with van der Waals surface area (Å²) in [6.07, 6.45) is 4.40. The molecule has 0 aromatic carbocycles. The first-order valence-electron chi connectivity index (χ1n) is 5.96. The number of aliphatic hydroxyl groups is 1. The van der Waals surface area contributed by atoms with Gasteiger partial charge >= 0.3 is 0 Å². The average Bonchev–Trinajstić information content (AvgIpc) is 2.35. The molecule has 5 nitrogen and oxygen atoms in total. The summed E-state index contributed by atoms with van der Waals surface area (Å²) < 4.78 is 0.723. The second-order valence-electron chi connectivity index (χ2n) is 4.57. The zero-order chi connectivity index (χ0) is 13.1. The lowest BCUT2D eigenvalue weighted by Gasteiger charge is -2.26. The molecule has 0 unspecified atom stereocenters. The number of hydrogen-bond donors (Lipinski definition) is 3. The Hall–Kier alpha value is -1.14. The minimum atomic E-state index is -0.226. The number of rotatable bonds is 2. The van der Waals surface area contributed by atoms with E-state index in [4.69, 9.17) is 5.73 Å². The van der Waals surface area contributed by atoms with E-state index in [9.17, 15) is 9.90 Å². The van der Waals surface area contributed by atoms with Gasteiger partial charge in [0, 0.05) is 16.7 Å². The molecule has 1 saturated carbocycles. The minimum Gasteiger partial charge on any atom is -0.393 e. The lowest BCUT2D eigenvalue weighted by atomic mass is 9.93. The van der Waals surface area contributed by atoms with Gasteiger partial charge in [-0.15, -0.1) is 0 Å². The molecule has 1 aromatic rings. The van der Waals surface area contributed by atoms with Crippen LogP contribution in [0.15, 0.2) is 16.7 Å². The molecule has 1 amide bonds. The average molecular weight is 314 g/mol. The van der Waals surface area contributed by atoms with Crippen LogP contribution in [0.1, 0.15) is 36.0 Å². The third kappa shape index (κ3) is 3.20. The van der Waals surface area contributed by atoms with Crippen LogP contribution in [0.2, 0.25) is 0 Å². The highest BCUT2D eigenvalue weighted by molar-refractivity contribution is 9.10. The van der Waals surface area contributed by atoms with Crippen molar-refractivity contribution in [3.05, 3.63) is 22.3 Å². The summed E-state index contributed by atoms with van der Waals surface area (Å²) in [4.78, 5) is 16.0. The van der Waals surface area contributed by atoms with Crippen molar-refractivity contribution in [2.24, 2.45) is 0 Å². The van der Waals surface area contributed by atoms with Crippen LogP contribution in [0.3, 0.4) is 0 Å². The molecule has 4 N–H and O–H groups in total. The predicted molar refractivity (Wildman–Crippen MR) is 72.1 cm³/mol. The molecule has 0 atom stereocenters. The zero-order valence-electron chi connectivity index (χ0n) is 9.90. The minimum absolute atomic E-state index is 0.110. The topological polar surface area (TPSA) is 88.2 Å². The van der Waals surface area contributed by atoms with Crippen LogP contribution in [-0.2, 0) is 0 Å². The Morgan fingerprint density at radius 3 is 2.78 bits per heavy atom. The molecular weight excluding hydrogens is 298 g/mol. The first kappa shape index (κ1) is 13.3. The molecule has 0 aliphatic heterocycles. The number of hydrogen-bond acceptors (Lipinski definition) is 4. The number of carbonyl (C=O) groups is 1. The quantitative estimate of drug-likeness (QED) is 0.771. The number of nitrogens with two attached hydrogens (primary N) is 1. The molecule has 2 rings (SSSR count). The Labute approximate surface area is 114 Å². The van der Waals surface area contributed by atoms with Crippen LogP contribution < -0.4 is 11.1 Å². The van der Waals surface area contributed by atoms with E-state index in [1.165, 1.54) is 0 Å². The van der Waals surface area contributed by atoms with Crippen LogP contribution in [0, 0.1) is 0 Å². The van der Waals surface area contributed by atoms with Gasteiger partial charge in [0.05, 0.1) is 11.7 Å². The lowest BCUT2D eigenvalue weighted by molar-refractivity contribution is 0.0868. The van der Waals surface area contributed by atoms with E-state index in [2.05, 4.69) is 26.2 Å². The summed E-state index contributed by atoms with van der Waals surface area (Å²) in [5.41, 5.74) is 6.07. The smallest absolute Gasteiger partial charge is 0.255 e. The van der Waals surface area contributed by atoms with Gasteiger partial charge in [0.25, 0.3) is 5.91 Å². The van der Waals surface area contributed by atoms with Crippen molar-refractivity contribution in [2.75, 3.05) is 5.73 Å². The number of amides is 1. The van der Waals surface area contributed by atoms with E-state index in [0.717, 1.165) is 30.2 Å². The number of pyridine rings is 1. The monoisotopic (exact) mass is 313 g/mol. The summed E-state index contributed by atoms with van der Waals surface area (Å²) in [5, 5.41) is 12.3. The summed E-state index contributed by atoms with van der Waals surface area (Å²) in [6.45, 7) is 0. The molecule has 0 saturated heterocycles. The van der Waals surface area contributed by atoms with Gasteiger partial charge in [0.1, 0.15) is 5.82 Å². The van der Waals surface area contributed by atoms with E-state index < -0.39 is 0 Å². The number of halogens is 1. The number of carbonyl (C=O) groups excluding carboxylic acids is 1. The SMILES string of the molecule is Nc1ncc(Br)cc1C(=O)NC1CCC(O)CC1. The Morgan fingerprint density at radius 1 is 1.44 bits per heavy atom. The Balaban J connectivity index is 2.01. The van der Waals surface area contributed by atoms with Gasteiger partial charge in [-0.05, 0) is 47.7 Å². The van der Waals surface area contributed by atoms with Crippen molar-refractivity contribution < 1.29 is 9.90 Å². The van der Waals surface area contributed by atoms with Gasteiger partial charge in [-0.3, -0.25) is 4.79 Å². The predicted octanol–water partition coefficient (Wildman–Crippen LogP) is 1.46. The number of nitrogens with one attached hydrogen (secondary N) is 1. The highest BCUT2D eigenvalue weighted by Crippen LogP contribution is 2.20. The molecule has 1 aliphatic rings. The van der Waals surface area contributed by atoms with E-state index in [1.54, 1.807) is 12.3 Å². The van der Waals surface area contributed by atoms with Crippen molar-refractivity contribution in [2.45, 2.75) is 37.8 Å². The van der Waals surface area contributed by atoms with Crippen LogP contribution in [-0.4, -0.2) is 28.1 Å². The molecule has 0 bridgehead atoms. The number of nitrogens with zero attached hydrogens (tertiary/aromatic N) is 1. The number of anilines is 1. The van der Waals surface area contributed by atoms with Crippen molar-refractivity contribution in [3.8, 4) is 0 Å². The zero-order valence-corrected chi connectivity index (χ0v) is 11.5. The normalized spacial score (nSPS) is 23.7. The summed E-state index contributed by atoms with van der Waals surface area (Å²) in [6, 6.07) is 1.77. The van der Waals surface area contributed by atoms with Gasteiger partial charge in [-0.2, -0.15) is 0 Å². The highest BCUT2D eigenvalue weighted by Gasteiger charge is 2.22. The lowest BCUT2D eigenvalue weighted by Crippen LogP contribution is -2.38. The fraction of sp³-hybridized carbons (Fsp3) is 0.500. The van der Waals surface area contributed by atoms with Crippen molar-refractivity contribution >= 4 is 27.7 Å². The maximum atomic E-state index is 12.1. The van der Waals surface area contributed by atoms with Crippen molar-refractivity contribution in [1.82, 2.24) is 10.3 Å². The summed E-state index contributed by atoms with van der Waals surface area (Å²) >= 11 is 3.27. The maximum Gasteiger partial charge on any atom is 0.255 e. The second-order valence-corrected chi connectivity index (χ2v) is 5.48. The van der Waals surface area contributed by atoms with E-state index in [0.29, 0.717) is 5.56 Å². The Bertz CT molecular complexity index is 445. The Morgan fingerprint density at radius 2 is 2.11 bits per heavy atom. The number of aromatic nitrogens is 1. The third-order valence-electron chi connectivity index (χ3n) is 3.16. The summed E-state index contributed by atoms with van der Waals surface area (Å²) in [7, 11) is 0. The largest absolute Gasteiger partial charge is 0.393 e. The summed E-state index contributed by atoms with van der Waals surface area (Å²) in [5.74, 6) is 0.0224. The fourth-order valence-electron chi connectivity index (χ4n) is 2.12. The number of aliphatic hydroxyl groups excluding tert-OH is 1. The van der Waals surface area contributed by atoms with E-state index in [-0.39, 0.29) is 23.9 Å². The first-order chi connectivity index (χ1) is 8.56. The first-order valence-corrected chi connectivity index (χ1v) is 6.75. The van der Waals surface area contributed by atoms with Crippen LogP contribution in [0.25, 0.3) is 0 Å². The second kappa shape index (κ2) is 5.67. The van der Waals surface area contributed by atoms with Crippen LogP contribution >= 0.6 is 15.9 Å². The number of nitrogen functional groups attached to an aromatic ring is 1. The molecular formula is C12H16BrN3O2. The van der Waals surface area contributed by atoms with Gasteiger partial charge in [-0.25, -0.2) is 4.98 Å².